The zero-order valence-corrected chi connectivity index (χ0v) is 12.1. The summed E-state index contributed by atoms with van der Waals surface area (Å²) in [5.41, 5.74) is 0.379. The maximum absolute atomic E-state index is 11.7. The van der Waals surface area contributed by atoms with Gasteiger partial charge in [0.15, 0.2) is 6.10 Å². The smallest absolute Gasteiger partial charge is 0.337 e. The Morgan fingerprint density at radius 3 is 2.33 bits per heavy atom. The third-order valence-corrected chi connectivity index (χ3v) is 2.53. The molecule has 0 fully saturated rings. The molecule has 0 unspecified atom stereocenters. The lowest BCUT2D eigenvalue weighted by molar-refractivity contribution is -0.126. The molecule has 0 radical (unpaired) electrons. The first-order valence-electron chi connectivity index (χ1n) is 6.41. The highest BCUT2D eigenvalue weighted by molar-refractivity contribution is 5.96. The van der Waals surface area contributed by atoms with Crippen LogP contribution in [0.5, 0.6) is 5.75 Å². The van der Waals surface area contributed by atoms with Crippen molar-refractivity contribution in [3.05, 3.63) is 29.8 Å². The van der Waals surface area contributed by atoms with Crippen molar-refractivity contribution in [2.24, 2.45) is 0 Å². The van der Waals surface area contributed by atoms with E-state index in [0.717, 1.165) is 0 Å². The normalized spacial score (nSPS) is 11.2. The molecule has 7 nitrogen and oxygen atoms in total. The van der Waals surface area contributed by atoms with Gasteiger partial charge in [-0.1, -0.05) is 0 Å². The van der Waals surface area contributed by atoms with Crippen LogP contribution in [-0.4, -0.2) is 37.7 Å². The minimum atomic E-state index is -0.850. The van der Waals surface area contributed by atoms with Crippen LogP contribution in [0.1, 0.15) is 24.2 Å². The zero-order valence-electron chi connectivity index (χ0n) is 12.1. The molecule has 3 amide bonds. The van der Waals surface area contributed by atoms with E-state index in [2.05, 4.69) is 15.4 Å². The first-order chi connectivity index (χ1) is 9.97. The van der Waals surface area contributed by atoms with E-state index in [4.69, 9.17) is 4.74 Å². The topological polar surface area (TPSA) is 93.7 Å². The van der Waals surface area contributed by atoms with Gasteiger partial charge >= 0.3 is 12.0 Å². The van der Waals surface area contributed by atoms with Gasteiger partial charge in [0.1, 0.15) is 5.75 Å². The Bertz CT molecular complexity index is 513. The lowest BCUT2D eigenvalue weighted by Gasteiger charge is -2.14. The van der Waals surface area contributed by atoms with Gasteiger partial charge in [0.05, 0.1) is 12.7 Å². The van der Waals surface area contributed by atoms with Crippen molar-refractivity contribution < 1.29 is 23.9 Å². The number of urea groups is 1. The van der Waals surface area contributed by atoms with Gasteiger partial charge in [0, 0.05) is 6.54 Å². The molecule has 1 aromatic rings. The molecule has 0 aliphatic heterocycles. The molecule has 2 N–H and O–H groups in total. The summed E-state index contributed by atoms with van der Waals surface area (Å²) in [5, 5.41) is 4.60. The average molecular weight is 294 g/mol. The van der Waals surface area contributed by atoms with Gasteiger partial charge in [-0.3, -0.25) is 10.1 Å². The highest BCUT2D eigenvalue weighted by atomic mass is 16.5. The third kappa shape index (κ3) is 5.13. The molecule has 7 heteroatoms. The van der Waals surface area contributed by atoms with Crippen molar-refractivity contribution in [3.63, 3.8) is 0 Å². The number of ether oxygens (including phenoxy) is 2. The quantitative estimate of drug-likeness (QED) is 0.793. The Morgan fingerprint density at radius 2 is 1.81 bits per heavy atom. The molecular weight excluding hydrogens is 276 g/mol. The summed E-state index contributed by atoms with van der Waals surface area (Å²) in [5.74, 6) is -0.609. The summed E-state index contributed by atoms with van der Waals surface area (Å²) >= 11 is 0. The van der Waals surface area contributed by atoms with E-state index in [-0.39, 0.29) is 0 Å². The molecule has 0 spiro atoms. The number of hydrogen-bond donors (Lipinski definition) is 2. The SMILES string of the molecule is CCNC(=O)NC(=O)[C@@H](C)Oc1ccc(C(=O)OC)cc1. The molecular formula is C14H18N2O5. The molecule has 21 heavy (non-hydrogen) atoms. The number of carbonyl (C=O) groups is 3. The fourth-order valence-electron chi connectivity index (χ4n) is 1.46. The van der Waals surface area contributed by atoms with Crippen LogP contribution < -0.4 is 15.4 Å². The molecule has 0 aliphatic rings. The first kappa shape index (κ1) is 16.5. The summed E-state index contributed by atoms with van der Waals surface area (Å²) in [4.78, 5) is 34.2. The van der Waals surface area contributed by atoms with Crippen molar-refractivity contribution in [2.75, 3.05) is 13.7 Å². The molecule has 0 aromatic heterocycles. The lowest BCUT2D eigenvalue weighted by Crippen LogP contribution is -2.45. The van der Waals surface area contributed by atoms with E-state index >= 15 is 0 Å². The zero-order chi connectivity index (χ0) is 15.8. The van der Waals surface area contributed by atoms with Gasteiger partial charge in [-0.25, -0.2) is 9.59 Å². The summed E-state index contributed by atoms with van der Waals surface area (Å²) in [7, 11) is 1.29. The van der Waals surface area contributed by atoms with Crippen LogP contribution in [0.4, 0.5) is 4.79 Å². The number of nitrogens with one attached hydrogen (secondary N) is 2. The molecule has 0 aliphatic carbocycles. The summed E-state index contributed by atoms with van der Waals surface area (Å²) < 4.78 is 9.95. The van der Waals surface area contributed by atoms with E-state index in [1.165, 1.54) is 26.2 Å². The number of benzene rings is 1. The Hall–Kier alpha value is -2.57. The Morgan fingerprint density at radius 1 is 1.19 bits per heavy atom. The molecule has 0 heterocycles. The summed E-state index contributed by atoms with van der Waals surface area (Å²) in [6.07, 6.45) is -0.850. The molecule has 1 aromatic carbocycles. The molecule has 1 rings (SSSR count). The van der Waals surface area contributed by atoms with Crippen LogP contribution in [0.25, 0.3) is 0 Å². The maximum Gasteiger partial charge on any atom is 0.337 e. The number of amides is 3. The van der Waals surface area contributed by atoms with E-state index in [1.54, 1.807) is 19.1 Å². The number of imide groups is 1. The van der Waals surface area contributed by atoms with Gasteiger partial charge < -0.3 is 14.8 Å². The van der Waals surface area contributed by atoms with Crippen LogP contribution >= 0.6 is 0 Å². The van der Waals surface area contributed by atoms with E-state index in [9.17, 15) is 14.4 Å². The largest absolute Gasteiger partial charge is 0.481 e. The second kappa shape index (κ2) is 7.88. The fourth-order valence-corrected chi connectivity index (χ4v) is 1.46. The summed E-state index contributed by atoms with van der Waals surface area (Å²) in [6.45, 7) is 3.68. The number of rotatable bonds is 5. The van der Waals surface area contributed by atoms with Crippen molar-refractivity contribution in [1.82, 2.24) is 10.6 Å². The standard InChI is InChI=1S/C14H18N2O5/c1-4-15-14(19)16-12(17)9(2)21-11-7-5-10(6-8-11)13(18)20-3/h5-9H,4H2,1-3H3,(H2,15,16,17,19)/t9-/m1/s1. The molecule has 0 saturated carbocycles. The first-order valence-corrected chi connectivity index (χ1v) is 6.41. The third-order valence-electron chi connectivity index (χ3n) is 2.53. The average Bonchev–Trinajstić information content (AvgIpc) is 2.47. The molecule has 114 valence electrons. The second-order valence-electron chi connectivity index (χ2n) is 4.12. The van der Waals surface area contributed by atoms with Crippen LogP contribution in [0.2, 0.25) is 0 Å². The van der Waals surface area contributed by atoms with Gasteiger partial charge in [-0.05, 0) is 38.1 Å². The number of carbonyl (C=O) groups excluding carboxylic acids is 3. The van der Waals surface area contributed by atoms with Crippen LogP contribution in [0, 0.1) is 0 Å². The number of esters is 1. The van der Waals surface area contributed by atoms with Crippen LogP contribution in [0.3, 0.4) is 0 Å². The predicted octanol–water partition coefficient (Wildman–Crippen LogP) is 1.09. The van der Waals surface area contributed by atoms with E-state index in [1.807, 2.05) is 0 Å². The Balaban J connectivity index is 2.58. The van der Waals surface area contributed by atoms with E-state index < -0.39 is 24.0 Å². The summed E-state index contributed by atoms with van der Waals surface area (Å²) in [6, 6.07) is 5.56. The predicted molar refractivity (Wildman–Crippen MR) is 75.1 cm³/mol. The maximum atomic E-state index is 11.7. The Labute approximate surface area is 122 Å². The van der Waals surface area contributed by atoms with Gasteiger partial charge in [0.2, 0.25) is 0 Å². The fraction of sp³-hybridized carbons (Fsp3) is 0.357. The van der Waals surface area contributed by atoms with Crippen LogP contribution in [-0.2, 0) is 9.53 Å². The minimum absolute atomic E-state index is 0.379. The van der Waals surface area contributed by atoms with Gasteiger partial charge in [-0.2, -0.15) is 0 Å². The van der Waals surface area contributed by atoms with Gasteiger partial charge in [-0.15, -0.1) is 0 Å². The van der Waals surface area contributed by atoms with Crippen molar-refractivity contribution >= 4 is 17.9 Å². The highest BCUT2D eigenvalue weighted by Crippen LogP contribution is 2.14. The van der Waals surface area contributed by atoms with E-state index in [0.29, 0.717) is 17.9 Å². The van der Waals surface area contributed by atoms with Gasteiger partial charge in [0.25, 0.3) is 5.91 Å². The minimum Gasteiger partial charge on any atom is -0.481 e. The highest BCUT2D eigenvalue weighted by Gasteiger charge is 2.17. The molecule has 0 saturated heterocycles. The lowest BCUT2D eigenvalue weighted by atomic mass is 10.2. The monoisotopic (exact) mass is 294 g/mol. The second-order valence-corrected chi connectivity index (χ2v) is 4.12. The molecule has 1 atom stereocenters. The number of methoxy groups -OCH3 is 1. The van der Waals surface area contributed by atoms with Crippen molar-refractivity contribution in [1.29, 1.82) is 0 Å². The van der Waals surface area contributed by atoms with Crippen molar-refractivity contribution in [3.8, 4) is 5.75 Å². The molecule has 0 bridgehead atoms. The van der Waals surface area contributed by atoms with Crippen molar-refractivity contribution in [2.45, 2.75) is 20.0 Å². The number of hydrogen-bond acceptors (Lipinski definition) is 5. The Kier molecular flexibility index (Phi) is 6.19. The van der Waals surface area contributed by atoms with Crippen LogP contribution in [0.15, 0.2) is 24.3 Å².